The Morgan fingerprint density at radius 3 is 3.05 bits per heavy atom. The van der Waals surface area contributed by atoms with Crippen LogP contribution in [0.1, 0.15) is 22.6 Å². The minimum Gasteiger partial charge on any atom is -0.478 e. The first kappa shape index (κ1) is 12.2. The van der Waals surface area contributed by atoms with Crippen LogP contribution in [0.5, 0.6) is 0 Å². The average molecular weight is 259 g/mol. The molecule has 19 heavy (non-hydrogen) atoms. The van der Waals surface area contributed by atoms with Crippen molar-refractivity contribution in [2.45, 2.75) is 12.8 Å². The fourth-order valence-corrected chi connectivity index (χ4v) is 2.77. The molecule has 0 spiro atoms. The monoisotopic (exact) mass is 259 g/mol. The number of likely N-dealkylation sites (tertiary alicyclic amines) is 1. The molecule has 5 nitrogen and oxygen atoms in total. The Labute approximate surface area is 111 Å². The molecule has 5 heteroatoms. The maximum absolute atomic E-state index is 11.0. The third-order valence-corrected chi connectivity index (χ3v) is 3.81. The van der Waals surface area contributed by atoms with Crippen molar-refractivity contribution in [2.24, 2.45) is 5.92 Å². The van der Waals surface area contributed by atoms with Gasteiger partial charge in [0.2, 0.25) is 0 Å². The van der Waals surface area contributed by atoms with Gasteiger partial charge in [0.15, 0.2) is 0 Å². The lowest BCUT2D eigenvalue weighted by Crippen LogP contribution is -2.15. The van der Waals surface area contributed by atoms with Crippen molar-refractivity contribution in [3.63, 3.8) is 0 Å². The number of aromatic nitrogens is 2. The summed E-state index contributed by atoms with van der Waals surface area (Å²) in [6, 6.07) is 3.42. The predicted molar refractivity (Wildman–Crippen MR) is 71.5 cm³/mol. The molecule has 0 saturated carbocycles. The van der Waals surface area contributed by atoms with Crippen LogP contribution < -0.4 is 0 Å². The van der Waals surface area contributed by atoms with Gasteiger partial charge in [-0.15, -0.1) is 0 Å². The second-order valence-electron chi connectivity index (χ2n) is 5.31. The molecule has 1 aliphatic heterocycles. The summed E-state index contributed by atoms with van der Waals surface area (Å²) >= 11 is 0. The number of hydrogen-bond donors (Lipinski definition) is 1. The van der Waals surface area contributed by atoms with E-state index in [-0.39, 0.29) is 0 Å². The number of nitrogens with zero attached hydrogens (tertiary/aromatic N) is 3. The molecular formula is C14H17N3O2. The van der Waals surface area contributed by atoms with Crippen molar-refractivity contribution in [3.8, 4) is 0 Å². The van der Waals surface area contributed by atoms with Crippen LogP contribution in [-0.4, -0.2) is 45.5 Å². The number of carbonyl (C=O) groups is 1. The van der Waals surface area contributed by atoms with Gasteiger partial charge in [0.1, 0.15) is 5.82 Å². The van der Waals surface area contributed by atoms with Gasteiger partial charge in [-0.3, -0.25) is 0 Å². The minimum atomic E-state index is -0.901. The van der Waals surface area contributed by atoms with E-state index in [2.05, 4.69) is 16.9 Å². The highest BCUT2D eigenvalue weighted by molar-refractivity contribution is 5.87. The van der Waals surface area contributed by atoms with Crippen LogP contribution in [0.15, 0.2) is 24.5 Å². The molecule has 1 atom stereocenters. The predicted octanol–water partition coefficient (Wildman–Crippen LogP) is 1.53. The van der Waals surface area contributed by atoms with Crippen LogP contribution in [0.3, 0.4) is 0 Å². The summed E-state index contributed by atoms with van der Waals surface area (Å²) in [6.45, 7) is 2.22. The summed E-state index contributed by atoms with van der Waals surface area (Å²) in [7, 11) is 2.13. The average Bonchev–Trinajstić information content (AvgIpc) is 2.96. The summed E-state index contributed by atoms with van der Waals surface area (Å²) in [5, 5.41) is 9.05. The van der Waals surface area contributed by atoms with E-state index in [0.29, 0.717) is 11.5 Å². The molecule has 3 heterocycles. The van der Waals surface area contributed by atoms with Gasteiger partial charge in [0.05, 0.1) is 17.3 Å². The van der Waals surface area contributed by atoms with Gasteiger partial charge < -0.3 is 14.4 Å². The van der Waals surface area contributed by atoms with Gasteiger partial charge in [-0.1, -0.05) is 0 Å². The second-order valence-corrected chi connectivity index (χ2v) is 5.31. The van der Waals surface area contributed by atoms with Gasteiger partial charge in [0.25, 0.3) is 0 Å². The van der Waals surface area contributed by atoms with Gasteiger partial charge in [-0.25, -0.2) is 9.78 Å². The number of fused-ring (bicyclic) bond motifs is 1. The van der Waals surface area contributed by atoms with E-state index >= 15 is 0 Å². The Kier molecular flexibility index (Phi) is 2.98. The van der Waals surface area contributed by atoms with E-state index in [0.717, 1.165) is 30.9 Å². The van der Waals surface area contributed by atoms with Gasteiger partial charge in [0, 0.05) is 19.2 Å². The summed E-state index contributed by atoms with van der Waals surface area (Å²) in [5.74, 6) is 0.671. The molecule has 1 unspecified atom stereocenters. The van der Waals surface area contributed by atoms with Gasteiger partial charge in [-0.2, -0.15) is 0 Å². The lowest BCUT2D eigenvalue weighted by atomic mass is 10.0. The van der Waals surface area contributed by atoms with Gasteiger partial charge in [-0.05, 0) is 38.1 Å². The summed E-state index contributed by atoms with van der Waals surface area (Å²) in [5.41, 5.74) is 1.25. The zero-order valence-electron chi connectivity index (χ0n) is 10.9. The largest absolute Gasteiger partial charge is 0.478 e. The number of carboxylic acids is 1. The van der Waals surface area contributed by atoms with Gasteiger partial charge >= 0.3 is 5.97 Å². The molecular weight excluding hydrogens is 242 g/mol. The first-order chi connectivity index (χ1) is 9.13. The molecule has 3 rings (SSSR count). The molecule has 0 aromatic carbocycles. The summed E-state index contributed by atoms with van der Waals surface area (Å²) in [4.78, 5) is 17.8. The summed E-state index contributed by atoms with van der Waals surface area (Å²) < 4.78 is 1.90. The SMILES string of the molecule is CN1CCC(Cc2ncc3ccc(C(=O)O)cn23)C1. The zero-order chi connectivity index (χ0) is 13.4. The van der Waals surface area contributed by atoms with Crippen molar-refractivity contribution >= 4 is 11.5 Å². The Balaban J connectivity index is 1.90. The molecule has 2 aromatic heterocycles. The molecule has 1 aliphatic rings. The minimum absolute atomic E-state index is 0.301. The number of pyridine rings is 1. The Morgan fingerprint density at radius 2 is 2.37 bits per heavy atom. The highest BCUT2D eigenvalue weighted by atomic mass is 16.4. The number of imidazole rings is 1. The lowest BCUT2D eigenvalue weighted by molar-refractivity contribution is 0.0696. The quantitative estimate of drug-likeness (QED) is 0.908. The van der Waals surface area contributed by atoms with E-state index < -0.39 is 5.97 Å². The molecule has 1 saturated heterocycles. The van der Waals surface area contributed by atoms with E-state index in [4.69, 9.17) is 5.11 Å². The second kappa shape index (κ2) is 4.66. The summed E-state index contributed by atoms with van der Waals surface area (Å²) in [6.07, 6.45) is 5.56. The Hall–Kier alpha value is -1.88. The van der Waals surface area contributed by atoms with Crippen LogP contribution in [0, 0.1) is 5.92 Å². The number of rotatable bonds is 3. The van der Waals surface area contributed by atoms with Crippen molar-refractivity contribution in [1.82, 2.24) is 14.3 Å². The van der Waals surface area contributed by atoms with Crippen molar-refractivity contribution in [3.05, 3.63) is 35.9 Å². The highest BCUT2D eigenvalue weighted by Crippen LogP contribution is 2.20. The van der Waals surface area contributed by atoms with Crippen LogP contribution in [-0.2, 0) is 6.42 Å². The normalized spacial score (nSPS) is 20.2. The third-order valence-electron chi connectivity index (χ3n) is 3.81. The topological polar surface area (TPSA) is 57.8 Å². The maximum atomic E-state index is 11.0. The fraction of sp³-hybridized carbons (Fsp3) is 0.429. The molecule has 0 bridgehead atoms. The molecule has 0 amide bonds. The number of aromatic carboxylic acids is 1. The van der Waals surface area contributed by atoms with Crippen LogP contribution >= 0.6 is 0 Å². The van der Waals surface area contributed by atoms with E-state index in [1.54, 1.807) is 24.5 Å². The van der Waals surface area contributed by atoms with Crippen molar-refractivity contribution < 1.29 is 9.90 Å². The molecule has 1 fully saturated rings. The van der Waals surface area contributed by atoms with Crippen molar-refractivity contribution in [2.75, 3.05) is 20.1 Å². The third kappa shape index (κ3) is 2.33. The number of hydrogen-bond acceptors (Lipinski definition) is 3. The molecule has 1 N–H and O–H groups in total. The van der Waals surface area contributed by atoms with E-state index in [1.165, 1.54) is 6.42 Å². The fourth-order valence-electron chi connectivity index (χ4n) is 2.77. The van der Waals surface area contributed by atoms with Crippen LogP contribution in [0.4, 0.5) is 0 Å². The standard InChI is InChI=1S/C14H17N3O2/c1-16-5-4-10(8-16)6-13-15-7-12-3-2-11(14(18)19)9-17(12)13/h2-3,7,9-10H,4-6,8H2,1H3,(H,18,19). The number of carboxylic acid groups (broad SMARTS) is 1. The smallest absolute Gasteiger partial charge is 0.337 e. The highest BCUT2D eigenvalue weighted by Gasteiger charge is 2.21. The molecule has 2 aromatic rings. The molecule has 0 radical (unpaired) electrons. The van der Waals surface area contributed by atoms with E-state index in [9.17, 15) is 4.79 Å². The van der Waals surface area contributed by atoms with Crippen molar-refractivity contribution in [1.29, 1.82) is 0 Å². The first-order valence-electron chi connectivity index (χ1n) is 6.51. The Bertz CT molecular complexity index is 620. The van der Waals surface area contributed by atoms with E-state index in [1.807, 2.05) is 4.40 Å². The molecule has 100 valence electrons. The Morgan fingerprint density at radius 1 is 1.53 bits per heavy atom. The van der Waals surface area contributed by atoms with Crippen LogP contribution in [0.25, 0.3) is 5.52 Å². The lowest BCUT2D eigenvalue weighted by Gasteiger charge is -2.09. The zero-order valence-corrected chi connectivity index (χ0v) is 10.9. The van der Waals surface area contributed by atoms with Crippen LogP contribution in [0.2, 0.25) is 0 Å². The maximum Gasteiger partial charge on any atom is 0.337 e. The molecule has 0 aliphatic carbocycles. The first-order valence-corrected chi connectivity index (χ1v) is 6.51.